The van der Waals surface area contributed by atoms with Crippen molar-refractivity contribution in [2.24, 2.45) is 11.3 Å². The van der Waals surface area contributed by atoms with Gasteiger partial charge < -0.3 is 25.0 Å². The highest BCUT2D eigenvalue weighted by Gasteiger charge is 2.74. The van der Waals surface area contributed by atoms with Crippen LogP contribution in [0.4, 0.5) is 5.69 Å². The predicted octanol–water partition coefficient (Wildman–Crippen LogP) is 5.50. The maximum Gasteiger partial charge on any atom is 0.229 e. The molecule has 1 saturated carbocycles. The predicted molar refractivity (Wildman–Crippen MR) is 136 cm³/mol. The molecule has 3 atom stereocenters. The third-order valence-electron chi connectivity index (χ3n) is 6.24. The monoisotopic (exact) mass is 485 g/mol. The van der Waals surface area contributed by atoms with E-state index in [2.05, 4.69) is 26.1 Å². The summed E-state index contributed by atoms with van der Waals surface area (Å²) in [6, 6.07) is 10.9. The Morgan fingerprint density at radius 3 is 2.44 bits per heavy atom. The van der Waals surface area contributed by atoms with Crippen molar-refractivity contribution in [3.8, 4) is 17.2 Å². The number of anilines is 1. The molecule has 1 heterocycles. The first kappa shape index (κ1) is 24.9. The molecule has 2 aromatic carbocycles. The van der Waals surface area contributed by atoms with Gasteiger partial charge in [0.05, 0.1) is 12.7 Å². The van der Waals surface area contributed by atoms with Gasteiger partial charge in [0, 0.05) is 33.1 Å². The fraction of sp³-hybridized carbons (Fsp3) is 0.519. The van der Waals surface area contributed by atoms with Crippen LogP contribution in [0.15, 0.2) is 36.4 Å². The fourth-order valence-electron chi connectivity index (χ4n) is 3.85. The van der Waals surface area contributed by atoms with Gasteiger partial charge in [0.2, 0.25) is 5.91 Å². The van der Waals surface area contributed by atoms with Crippen molar-refractivity contribution in [1.82, 2.24) is 0 Å². The molecule has 0 radical (unpaired) electrons. The van der Waals surface area contributed by atoms with Crippen LogP contribution in [0.25, 0.3) is 0 Å². The van der Waals surface area contributed by atoms with Crippen LogP contribution in [-0.2, 0) is 21.7 Å². The van der Waals surface area contributed by atoms with Gasteiger partial charge in [-0.2, -0.15) is 11.8 Å². The lowest BCUT2D eigenvalue weighted by Gasteiger charge is -2.21. The molecule has 2 aromatic rings. The van der Waals surface area contributed by atoms with Crippen LogP contribution in [-0.4, -0.2) is 39.2 Å². The second kappa shape index (κ2) is 8.77. The number of benzene rings is 2. The molecule has 1 aliphatic heterocycles. The molecule has 1 saturated heterocycles. The average molecular weight is 486 g/mol. The number of thioether (sulfide) groups is 1. The Labute approximate surface area is 206 Å². The Hall–Kier alpha value is -2.22. The number of carbonyl (C=O) groups excluding carboxylic acids is 1. The minimum atomic E-state index is -0.499. The van der Waals surface area contributed by atoms with Crippen LogP contribution in [0.1, 0.15) is 52.7 Å². The molecule has 34 heavy (non-hydrogen) atoms. The summed E-state index contributed by atoms with van der Waals surface area (Å²) in [4.78, 5) is 12.5. The molecule has 1 aliphatic carbocycles. The zero-order chi connectivity index (χ0) is 24.9. The zero-order valence-corrected chi connectivity index (χ0v) is 21.6. The number of aliphatic hydroxyl groups is 1. The van der Waals surface area contributed by atoms with E-state index < -0.39 is 11.5 Å². The Balaban J connectivity index is 1.56. The van der Waals surface area contributed by atoms with Gasteiger partial charge >= 0.3 is 0 Å². The van der Waals surface area contributed by atoms with Crippen molar-refractivity contribution in [2.45, 2.75) is 70.2 Å². The van der Waals surface area contributed by atoms with E-state index >= 15 is 0 Å². The number of ether oxygens (including phenoxy) is 2. The lowest BCUT2D eigenvalue weighted by atomic mass is 9.95. The van der Waals surface area contributed by atoms with Crippen LogP contribution < -0.4 is 10.1 Å². The van der Waals surface area contributed by atoms with E-state index in [1.165, 1.54) is 0 Å². The highest BCUT2D eigenvalue weighted by Crippen LogP contribution is 2.58. The van der Waals surface area contributed by atoms with Crippen molar-refractivity contribution in [2.75, 3.05) is 11.9 Å². The summed E-state index contributed by atoms with van der Waals surface area (Å²) in [5.41, 5.74) is 1.79. The zero-order valence-electron chi connectivity index (χ0n) is 20.8. The van der Waals surface area contributed by atoms with Gasteiger partial charge in [-0.15, -0.1) is 0 Å². The van der Waals surface area contributed by atoms with Gasteiger partial charge in [-0.05, 0) is 42.3 Å². The molecule has 1 amide bonds. The van der Waals surface area contributed by atoms with E-state index in [0.717, 1.165) is 11.1 Å². The average Bonchev–Trinajstić information content (AvgIpc) is 3.63. The molecular weight excluding hydrogens is 450 g/mol. The van der Waals surface area contributed by atoms with E-state index in [1.54, 1.807) is 17.8 Å². The highest BCUT2D eigenvalue weighted by atomic mass is 32.2. The minimum absolute atomic E-state index is 0.0515. The van der Waals surface area contributed by atoms with Crippen molar-refractivity contribution >= 4 is 23.4 Å². The van der Waals surface area contributed by atoms with Gasteiger partial charge in [-0.3, -0.25) is 4.79 Å². The standard InChI is InChI=1S/C27H35NO5S/c1-25(2,3)24(31)28-18-8-10-21(17(13-18)14-34-26(4,5)6)33-22-12-16(7-9-20(22)29)11-19-23(30)27(19)15-32-27/h7-10,12-13,19,23,29-30H,11,14-15H2,1-6H3,(H,28,31). The number of rotatable bonds is 7. The van der Waals surface area contributed by atoms with Crippen LogP contribution in [0.5, 0.6) is 17.2 Å². The molecule has 7 heteroatoms. The van der Waals surface area contributed by atoms with Crippen molar-refractivity contribution < 1.29 is 24.5 Å². The van der Waals surface area contributed by atoms with Crippen LogP contribution in [0, 0.1) is 11.3 Å². The summed E-state index contributed by atoms with van der Waals surface area (Å²) < 4.78 is 11.7. The number of aliphatic hydroxyl groups excluding tert-OH is 1. The lowest BCUT2D eigenvalue weighted by Crippen LogP contribution is -2.27. The maximum absolute atomic E-state index is 12.5. The lowest BCUT2D eigenvalue weighted by molar-refractivity contribution is -0.123. The number of hydrogen-bond donors (Lipinski definition) is 3. The molecule has 3 unspecified atom stereocenters. The molecule has 184 valence electrons. The third kappa shape index (κ3) is 5.53. The first-order valence-corrected chi connectivity index (χ1v) is 12.7. The largest absolute Gasteiger partial charge is 0.504 e. The minimum Gasteiger partial charge on any atom is -0.504 e. The van der Waals surface area contributed by atoms with Crippen LogP contribution >= 0.6 is 11.8 Å². The molecule has 4 rings (SSSR count). The number of carbonyl (C=O) groups is 1. The van der Waals surface area contributed by atoms with Gasteiger partial charge in [-0.1, -0.05) is 47.6 Å². The second-order valence-electron chi connectivity index (χ2n) is 11.3. The van der Waals surface area contributed by atoms with E-state index in [0.29, 0.717) is 36.0 Å². The Morgan fingerprint density at radius 1 is 1.15 bits per heavy atom. The van der Waals surface area contributed by atoms with Gasteiger partial charge in [0.1, 0.15) is 11.4 Å². The molecular formula is C27H35NO5S. The number of epoxide rings is 1. The molecule has 0 bridgehead atoms. The quantitative estimate of drug-likeness (QED) is 0.449. The number of amides is 1. The summed E-state index contributed by atoms with van der Waals surface area (Å²) in [7, 11) is 0. The highest BCUT2D eigenvalue weighted by molar-refractivity contribution is 7.99. The van der Waals surface area contributed by atoms with Gasteiger partial charge in [0.15, 0.2) is 11.5 Å². The van der Waals surface area contributed by atoms with Crippen molar-refractivity contribution in [3.05, 3.63) is 47.5 Å². The molecule has 0 aromatic heterocycles. The summed E-state index contributed by atoms with van der Waals surface area (Å²) >= 11 is 1.78. The number of phenols is 1. The summed E-state index contributed by atoms with van der Waals surface area (Å²) in [5.74, 6) is 1.78. The van der Waals surface area contributed by atoms with Crippen LogP contribution in [0.3, 0.4) is 0 Å². The topological polar surface area (TPSA) is 91.3 Å². The first-order chi connectivity index (χ1) is 15.8. The smallest absolute Gasteiger partial charge is 0.229 e. The summed E-state index contributed by atoms with van der Waals surface area (Å²) in [5, 5.41) is 23.6. The summed E-state index contributed by atoms with van der Waals surface area (Å²) in [6.45, 7) is 12.7. The Kier molecular flexibility index (Phi) is 6.42. The summed E-state index contributed by atoms with van der Waals surface area (Å²) in [6.07, 6.45) is 0.255. The Bertz CT molecular complexity index is 1080. The third-order valence-corrected chi connectivity index (χ3v) is 7.56. The molecule has 3 N–H and O–H groups in total. The van der Waals surface area contributed by atoms with Crippen molar-refractivity contribution in [1.29, 1.82) is 0 Å². The second-order valence-corrected chi connectivity index (χ2v) is 13.1. The molecule has 6 nitrogen and oxygen atoms in total. The molecule has 2 fully saturated rings. The number of aromatic hydroxyl groups is 1. The van der Waals surface area contributed by atoms with E-state index in [-0.39, 0.29) is 27.9 Å². The normalized spacial score (nSPS) is 23.6. The Morgan fingerprint density at radius 2 is 1.85 bits per heavy atom. The number of hydrogen-bond acceptors (Lipinski definition) is 6. The first-order valence-electron chi connectivity index (χ1n) is 11.7. The van der Waals surface area contributed by atoms with Gasteiger partial charge in [-0.25, -0.2) is 0 Å². The fourth-order valence-corrected chi connectivity index (χ4v) is 4.66. The van der Waals surface area contributed by atoms with E-state index in [4.69, 9.17) is 9.47 Å². The molecule has 2 aliphatic rings. The van der Waals surface area contributed by atoms with E-state index in [1.807, 2.05) is 51.1 Å². The molecule has 1 spiro atoms. The number of phenolic OH excluding ortho intramolecular Hbond substituents is 1. The van der Waals surface area contributed by atoms with E-state index in [9.17, 15) is 15.0 Å². The SMILES string of the molecule is CC(C)(C)SCc1cc(NC(=O)C(C)(C)C)ccc1Oc1cc(CC2C(O)C23CO3)ccc1O. The van der Waals surface area contributed by atoms with Gasteiger partial charge in [0.25, 0.3) is 0 Å². The van der Waals surface area contributed by atoms with Crippen LogP contribution in [0.2, 0.25) is 0 Å². The van der Waals surface area contributed by atoms with Crippen molar-refractivity contribution in [3.63, 3.8) is 0 Å². The number of nitrogens with one attached hydrogen (secondary N) is 1. The maximum atomic E-state index is 12.5.